The number of aliphatic hydroxyl groups is 1. The van der Waals surface area contributed by atoms with Crippen molar-refractivity contribution < 1.29 is 9.52 Å². The maximum Gasteiger partial charge on any atom is 0.417 e. The lowest BCUT2D eigenvalue weighted by Gasteiger charge is -2.23. The quantitative estimate of drug-likeness (QED) is 0.769. The van der Waals surface area contributed by atoms with Crippen LogP contribution in [-0.2, 0) is 0 Å². The molecule has 1 aromatic carbocycles. The molecule has 3 rings (SSSR count). The third-order valence-electron chi connectivity index (χ3n) is 3.83. The fourth-order valence-electron chi connectivity index (χ4n) is 2.84. The topological polar surface area (TPSA) is 78.3 Å². The lowest BCUT2D eigenvalue weighted by atomic mass is 9.99. The summed E-state index contributed by atoms with van der Waals surface area (Å²) < 4.78 is 5.13. The summed E-state index contributed by atoms with van der Waals surface area (Å²) in [6.45, 7) is 4.24. The van der Waals surface area contributed by atoms with Crippen LogP contribution >= 0.6 is 0 Å². The maximum absolute atomic E-state index is 11.3. The van der Waals surface area contributed by atoms with Crippen molar-refractivity contribution in [3.8, 4) is 0 Å². The summed E-state index contributed by atoms with van der Waals surface area (Å²) in [6, 6.07) is 5.37. The number of aromatic amines is 1. The Bertz CT molecular complexity index is 656. The third-order valence-corrected chi connectivity index (χ3v) is 3.83. The minimum Gasteiger partial charge on any atom is -0.407 e. The van der Waals surface area contributed by atoms with Gasteiger partial charge in [-0.2, -0.15) is 0 Å². The number of aromatic nitrogens is 1. The molecule has 1 aromatic heterocycles. The van der Waals surface area contributed by atoms with Gasteiger partial charge in [-0.25, -0.2) is 4.79 Å². The van der Waals surface area contributed by atoms with E-state index < -0.39 is 11.9 Å². The van der Waals surface area contributed by atoms with Crippen LogP contribution in [0.2, 0.25) is 0 Å². The average molecular weight is 262 g/mol. The highest BCUT2D eigenvalue weighted by atomic mass is 16.4. The number of oxazole rings is 1. The van der Waals surface area contributed by atoms with Crippen molar-refractivity contribution in [2.75, 3.05) is 0 Å². The number of fused-ring (bicyclic) bond motifs is 1. The van der Waals surface area contributed by atoms with Gasteiger partial charge >= 0.3 is 5.76 Å². The van der Waals surface area contributed by atoms with Crippen molar-refractivity contribution in [2.24, 2.45) is 0 Å². The smallest absolute Gasteiger partial charge is 0.407 e. The standard InChI is InChI=1S/C14H18N2O3/c1-14(2)7-6-9(16-14)11(17)8-4-3-5-10-12(8)19-13(18)15-10/h3-5,9,11,16-17H,6-7H2,1-2H3,(H,15,18)/t9-,11+/m0/s1. The second-order valence-corrected chi connectivity index (χ2v) is 5.86. The molecule has 5 nitrogen and oxygen atoms in total. The summed E-state index contributed by atoms with van der Waals surface area (Å²) >= 11 is 0. The van der Waals surface area contributed by atoms with Crippen molar-refractivity contribution in [1.82, 2.24) is 10.3 Å². The van der Waals surface area contributed by atoms with Crippen LogP contribution in [0, 0.1) is 0 Å². The summed E-state index contributed by atoms with van der Waals surface area (Å²) in [4.78, 5) is 13.9. The van der Waals surface area contributed by atoms with Gasteiger partial charge < -0.3 is 14.8 Å². The Balaban J connectivity index is 1.98. The summed E-state index contributed by atoms with van der Waals surface area (Å²) in [5.74, 6) is -0.491. The molecular formula is C14H18N2O3. The fraction of sp³-hybridized carbons (Fsp3) is 0.500. The normalized spacial score (nSPS) is 23.8. The number of aliphatic hydroxyl groups excluding tert-OH is 1. The van der Waals surface area contributed by atoms with Crippen LogP contribution in [-0.4, -0.2) is 21.7 Å². The van der Waals surface area contributed by atoms with E-state index in [1.165, 1.54) is 0 Å². The Kier molecular flexibility index (Phi) is 2.76. The van der Waals surface area contributed by atoms with Crippen LogP contribution < -0.4 is 11.1 Å². The number of benzene rings is 1. The van der Waals surface area contributed by atoms with Crippen LogP contribution in [0.3, 0.4) is 0 Å². The lowest BCUT2D eigenvalue weighted by Crippen LogP contribution is -2.40. The molecular weight excluding hydrogens is 244 g/mol. The van der Waals surface area contributed by atoms with Crippen LogP contribution in [0.15, 0.2) is 27.4 Å². The van der Waals surface area contributed by atoms with E-state index in [-0.39, 0.29) is 11.6 Å². The minimum atomic E-state index is -0.676. The predicted octanol–water partition coefficient (Wildman–Crippen LogP) is 1.69. The lowest BCUT2D eigenvalue weighted by molar-refractivity contribution is 0.132. The number of hydrogen-bond acceptors (Lipinski definition) is 4. The molecule has 1 aliphatic heterocycles. The van der Waals surface area contributed by atoms with Gasteiger partial charge in [-0.3, -0.25) is 4.98 Å². The minimum absolute atomic E-state index is 0.0131. The summed E-state index contributed by atoms with van der Waals surface area (Å²) in [7, 11) is 0. The van der Waals surface area contributed by atoms with Crippen LogP contribution in [0.1, 0.15) is 38.4 Å². The van der Waals surface area contributed by atoms with E-state index in [9.17, 15) is 9.90 Å². The molecule has 0 amide bonds. The van der Waals surface area contributed by atoms with Gasteiger partial charge in [0, 0.05) is 17.1 Å². The summed E-state index contributed by atoms with van der Waals surface area (Å²) in [5.41, 5.74) is 1.77. The molecule has 2 heterocycles. The first-order valence-electron chi connectivity index (χ1n) is 6.54. The highest BCUT2D eigenvalue weighted by Crippen LogP contribution is 2.32. The van der Waals surface area contributed by atoms with Gasteiger partial charge in [-0.1, -0.05) is 12.1 Å². The molecule has 2 aromatic rings. The van der Waals surface area contributed by atoms with Crippen molar-refractivity contribution >= 4 is 11.1 Å². The van der Waals surface area contributed by atoms with Gasteiger partial charge in [0.25, 0.3) is 0 Å². The highest BCUT2D eigenvalue weighted by molar-refractivity contribution is 5.76. The van der Waals surface area contributed by atoms with E-state index in [0.717, 1.165) is 12.8 Å². The SMILES string of the molecule is CC1(C)CC[C@@H]([C@H](O)c2cccc3[nH]c(=O)oc23)N1. The first-order valence-corrected chi connectivity index (χ1v) is 6.54. The number of para-hydroxylation sites is 1. The van der Waals surface area contributed by atoms with Gasteiger partial charge in [0.2, 0.25) is 0 Å². The van der Waals surface area contributed by atoms with E-state index in [1.807, 2.05) is 6.07 Å². The molecule has 5 heteroatoms. The monoisotopic (exact) mass is 262 g/mol. The van der Waals surface area contributed by atoms with Gasteiger partial charge in [-0.15, -0.1) is 0 Å². The average Bonchev–Trinajstić information content (AvgIpc) is 2.89. The molecule has 0 spiro atoms. The molecule has 0 bridgehead atoms. The Labute approximate surface area is 110 Å². The zero-order valence-corrected chi connectivity index (χ0v) is 11.1. The number of H-pyrrole nitrogens is 1. The number of nitrogens with one attached hydrogen (secondary N) is 2. The van der Waals surface area contributed by atoms with Crippen LogP contribution in [0.25, 0.3) is 11.1 Å². The molecule has 2 atom stereocenters. The van der Waals surface area contributed by atoms with E-state index in [1.54, 1.807) is 12.1 Å². The van der Waals surface area contributed by atoms with E-state index in [4.69, 9.17) is 4.42 Å². The largest absolute Gasteiger partial charge is 0.417 e. The summed E-state index contributed by atoms with van der Waals surface area (Å²) in [6.07, 6.45) is 1.24. The van der Waals surface area contributed by atoms with Gasteiger partial charge in [0.05, 0.1) is 11.6 Å². The fourth-order valence-corrected chi connectivity index (χ4v) is 2.84. The molecule has 0 aliphatic carbocycles. The highest BCUT2D eigenvalue weighted by Gasteiger charge is 2.35. The number of hydrogen-bond donors (Lipinski definition) is 3. The first-order chi connectivity index (χ1) is 8.96. The predicted molar refractivity (Wildman–Crippen MR) is 72.0 cm³/mol. The van der Waals surface area contributed by atoms with Crippen molar-refractivity contribution in [2.45, 2.75) is 44.4 Å². The van der Waals surface area contributed by atoms with Gasteiger partial charge in [-0.05, 0) is 32.8 Å². The Morgan fingerprint density at radius 1 is 1.47 bits per heavy atom. The van der Waals surface area contributed by atoms with Crippen molar-refractivity contribution in [3.63, 3.8) is 0 Å². The van der Waals surface area contributed by atoms with Crippen molar-refractivity contribution in [1.29, 1.82) is 0 Å². The molecule has 1 fully saturated rings. The Morgan fingerprint density at radius 3 is 2.95 bits per heavy atom. The second-order valence-electron chi connectivity index (χ2n) is 5.86. The third kappa shape index (κ3) is 2.19. The molecule has 0 saturated carbocycles. The van der Waals surface area contributed by atoms with Crippen LogP contribution in [0.4, 0.5) is 0 Å². The zero-order valence-electron chi connectivity index (χ0n) is 11.1. The van der Waals surface area contributed by atoms with Gasteiger partial charge in [0.1, 0.15) is 0 Å². The van der Waals surface area contributed by atoms with Crippen molar-refractivity contribution in [3.05, 3.63) is 34.3 Å². The molecule has 102 valence electrons. The molecule has 3 N–H and O–H groups in total. The van der Waals surface area contributed by atoms with Gasteiger partial charge in [0.15, 0.2) is 5.58 Å². The molecule has 1 saturated heterocycles. The Hall–Kier alpha value is -1.59. The Morgan fingerprint density at radius 2 is 2.26 bits per heavy atom. The molecule has 0 unspecified atom stereocenters. The van der Waals surface area contributed by atoms with E-state index in [2.05, 4.69) is 24.1 Å². The van der Waals surface area contributed by atoms with E-state index >= 15 is 0 Å². The zero-order chi connectivity index (χ0) is 13.6. The van der Waals surface area contributed by atoms with Crippen LogP contribution in [0.5, 0.6) is 0 Å². The number of rotatable bonds is 2. The molecule has 19 heavy (non-hydrogen) atoms. The molecule has 1 aliphatic rings. The summed E-state index contributed by atoms with van der Waals surface area (Å²) in [5, 5.41) is 13.9. The maximum atomic E-state index is 11.3. The van der Waals surface area contributed by atoms with E-state index in [0.29, 0.717) is 16.7 Å². The molecule has 0 radical (unpaired) electrons. The first kappa shape index (κ1) is 12.4. The second kappa shape index (κ2) is 4.21.